The Hall–Kier alpha value is -2.65. The first-order valence-corrected chi connectivity index (χ1v) is 10.8. The summed E-state index contributed by atoms with van der Waals surface area (Å²) in [6.45, 7) is 8.16. The third-order valence-corrected chi connectivity index (χ3v) is 5.13. The van der Waals surface area contributed by atoms with Crippen LogP contribution in [0.1, 0.15) is 25.3 Å². The van der Waals surface area contributed by atoms with E-state index in [1.807, 2.05) is 24.0 Å². The van der Waals surface area contributed by atoms with Gasteiger partial charge in [-0.2, -0.15) is 0 Å². The Labute approximate surface area is 184 Å². The van der Waals surface area contributed by atoms with Crippen molar-refractivity contribution < 1.29 is 19.1 Å². The predicted molar refractivity (Wildman–Crippen MR) is 120 cm³/mol. The third-order valence-electron chi connectivity index (χ3n) is 5.13. The molecule has 9 heteroatoms. The van der Waals surface area contributed by atoms with Gasteiger partial charge in [0.1, 0.15) is 5.75 Å². The SMILES string of the molecule is CCCCNC(=O)CN1CCN(CC(=O)NCC(=O)Nc2cc(C)ccc2OC)CC1. The lowest BCUT2D eigenvalue weighted by Gasteiger charge is -2.33. The molecule has 0 radical (unpaired) electrons. The summed E-state index contributed by atoms with van der Waals surface area (Å²) in [5.41, 5.74) is 1.58. The molecule has 1 fully saturated rings. The molecule has 0 aliphatic carbocycles. The summed E-state index contributed by atoms with van der Waals surface area (Å²) in [4.78, 5) is 40.4. The van der Waals surface area contributed by atoms with E-state index in [9.17, 15) is 14.4 Å². The van der Waals surface area contributed by atoms with Gasteiger partial charge in [0.15, 0.2) is 0 Å². The highest BCUT2D eigenvalue weighted by atomic mass is 16.5. The molecule has 31 heavy (non-hydrogen) atoms. The molecule has 0 unspecified atom stereocenters. The molecule has 2 rings (SSSR count). The highest BCUT2D eigenvalue weighted by Gasteiger charge is 2.20. The minimum absolute atomic E-state index is 0.0518. The van der Waals surface area contributed by atoms with E-state index in [0.29, 0.717) is 31.1 Å². The van der Waals surface area contributed by atoms with Crippen LogP contribution in [0.4, 0.5) is 5.69 Å². The summed E-state index contributed by atoms with van der Waals surface area (Å²) >= 11 is 0. The molecule has 1 aromatic rings. The van der Waals surface area contributed by atoms with E-state index in [0.717, 1.165) is 38.0 Å². The molecule has 1 aliphatic rings. The van der Waals surface area contributed by atoms with Crippen molar-refractivity contribution in [3.8, 4) is 5.75 Å². The van der Waals surface area contributed by atoms with Crippen molar-refractivity contribution in [2.45, 2.75) is 26.7 Å². The Morgan fingerprint density at radius 1 is 0.968 bits per heavy atom. The molecule has 0 bridgehead atoms. The number of carbonyl (C=O) groups excluding carboxylic acids is 3. The second-order valence-electron chi connectivity index (χ2n) is 7.78. The maximum absolute atomic E-state index is 12.2. The van der Waals surface area contributed by atoms with Crippen molar-refractivity contribution in [2.75, 3.05) is 64.8 Å². The van der Waals surface area contributed by atoms with Gasteiger partial charge in [0.05, 0.1) is 32.4 Å². The molecule has 0 aromatic heterocycles. The molecule has 0 atom stereocenters. The number of ether oxygens (including phenoxy) is 1. The summed E-state index contributed by atoms with van der Waals surface area (Å²) < 4.78 is 5.25. The highest BCUT2D eigenvalue weighted by molar-refractivity contribution is 5.96. The monoisotopic (exact) mass is 433 g/mol. The lowest BCUT2D eigenvalue weighted by molar-refractivity contribution is -0.126. The average Bonchev–Trinajstić information content (AvgIpc) is 2.74. The van der Waals surface area contributed by atoms with E-state index in [2.05, 4.69) is 27.8 Å². The number of anilines is 1. The van der Waals surface area contributed by atoms with Crippen LogP contribution in [-0.2, 0) is 14.4 Å². The Kier molecular flexibility index (Phi) is 10.3. The third kappa shape index (κ3) is 8.94. The fourth-order valence-electron chi connectivity index (χ4n) is 3.32. The van der Waals surface area contributed by atoms with Gasteiger partial charge >= 0.3 is 0 Å². The van der Waals surface area contributed by atoms with Gasteiger partial charge in [-0.1, -0.05) is 19.4 Å². The number of hydrogen-bond acceptors (Lipinski definition) is 6. The predicted octanol–water partition coefficient (Wildman–Crippen LogP) is 0.592. The molecule has 0 saturated carbocycles. The van der Waals surface area contributed by atoms with Gasteiger partial charge < -0.3 is 20.7 Å². The minimum Gasteiger partial charge on any atom is -0.495 e. The van der Waals surface area contributed by atoms with Crippen LogP contribution in [0, 0.1) is 6.92 Å². The molecule has 172 valence electrons. The number of methoxy groups -OCH3 is 1. The maximum atomic E-state index is 12.2. The van der Waals surface area contributed by atoms with E-state index >= 15 is 0 Å². The van der Waals surface area contributed by atoms with Crippen LogP contribution in [0.25, 0.3) is 0 Å². The molecule has 0 spiro atoms. The van der Waals surface area contributed by atoms with E-state index in [1.165, 1.54) is 0 Å². The Morgan fingerprint density at radius 2 is 1.58 bits per heavy atom. The molecule has 9 nitrogen and oxygen atoms in total. The zero-order valence-corrected chi connectivity index (χ0v) is 18.8. The van der Waals surface area contributed by atoms with Crippen LogP contribution in [0.15, 0.2) is 18.2 Å². The van der Waals surface area contributed by atoms with Crippen LogP contribution in [0.2, 0.25) is 0 Å². The van der Waals surface area contributed by atoms with Crippen LogP contribution in [0.5, 0.6) is 5.75 Å². The number of piperazine rings is 1. The molecule has 3 N–H and O–H groups in total. The van der Waals surface area contributed by atoms with Gasteiger partial charge in [-0.25, -0.2) is 0 Å². The topological polar surface area (TPSA) is 103 Å². The maximum Gasteiger partial charge on any atom is 0.243 e. The second kappa shape index (κ2) is 12.9. The molecular weight excluding hydrogens is 398 g/mol. The van der Waals surface area contributed by atoms with Gasteiger partial charge in [-0.05, 0) is 31.0 Å². The zero-order valence-electron chi connectivity index (χ0n) is 18.8. The number of hydrogen-bond donors (Lipinski definition) is 3. The van der Waals surface area contributed by atoms with Gasteiger partial charge in [0.25, 0.3) is 0 Å². The Morgan fingerprint density at radius 3 is 2.16 bits per heavy atom. The number of unbranched alkanes of at least 4 members (excludes halogenated alkanes) is 1. The summed E-state index contributed by atoms with van der Waals surface area (Å²) in [6.07, 6.45) is 2.05. The van der Waals surface area contributed by atoms with E-state index in [4.69, 9.17) is 4.74 Å². The van der Waals surface area contributed by atoms with Crippen LogP contribution in [0.3, 0.4) is 0 Å². The lowest BCUT2D eigenvalue weighted by Crippen LogP contribution is -2.51. The smallest absolute Gasteiger partial charge is 0.243 e. The van der Waals surface area contributed by atoms with E-state index < -0.39 is 0 Å². The first kappa shape index (κ1) is 24.6. The first-order valence-electron chi connectivity index (χ1n) is 10.8. The largest absolute Gasteiger partial charge is 0.495 e. The Bertz CT molecular complexity index is 747. The zero-order chi connectivity index (χ0) is 22.6. The van der Waals surface area contributed by atoms with Gasteiger partial charge in [-0.15, -0.1) is 0 Å². The highest BCUT2D eigenvalue weighted by Crippen LogP contribution is 2.24. The number of benzene rings is 1. The molecule has 1 saturated heterocycles. The van der Waals surface area contributed by atoms with Gasteiger partial charge in [0, 0.05) is 32.7 Å². The minimum atomic E-state index is -0.309. The molecule has 1 aromatic carbocycles. The summed E-state index contributed by atoms with van der Waals surface area (Å²) in [7, 11) is 1.54. The average molecular weight is 434 g/mol. The summed E-state index contributed by atoms with van der Waals surface area (Å²) in [5, 5.41) is 8.35. The summed E-state index contributed by atoms with van der Waals surface area (Å²) in [5.74, 6) is 0.117. The number of nitrogens with one attached hydrogen (secondary N) is 3. The Balaban J connectivity index is 1.65. The summed E-state index contributed by atoms with van der Waals surface area (Å²) in [6, 6.07) is 5.51. The number of aryl methyl sites for hydroxylation is 1. The number of rotatable bonds is 11. The lowest BCUT2D eigenvalue weighted by atomic mass is 10.2. The second-order valence-corrected chi connectivity index (χ2v) is 7.78. The van der Waals surface area contributed by atoms with E-state index in [1.54, 1.807) is 13.2 Å². The number of amides is 3. The van der Waals surface area contributed by atoms with Crippen molar-refractivity contribution in [2.24, 2.45) is 0 Å². The van der Waals surface area contributed by atoms with Crippen molar-refractivity contribution >= 4 is 23.4 Å². The van der Waals surface area contributed by atoms with Crippen LogP contribution >= 0.6 is 0 Å². The molecular formula is C22H35N5O4. The van der Waals surface area contributed by atoms with Gasteiger partial charge in [0.2, 0.25) is 17.7 Å². The number of nitrogens with zero attached hydrogens (tertiary/aromatic N) is 2. The normalized spacial score (nSPS) is 14.7. The molecule has 3 amide bonds. The van der Waals surface area contributed by atoms with Crippen molar-refractivity contribution in [3.63, 3.8) is 0 Å². The van der Waals surface area contributed by atoms with Crippen LogP contribution < -0.4 is 20.7 Å². The van der Waals surface area contributed by atoms with Crippen molar-refractivity contribution in [1.82, 2.24) is 20.4 Å². The van der Waals surface area contributed by atoms with Gasteiger partial charge in [-0.3, -0.25) is 24.2 Å². The fourth-order valence-corrected chi connectivity index (χ4v) is 3.32. The van der Waals surface area contributed by atoms with Crippen molar-refractivity contribution in [3.05, 3.63) is 23.8 Å². The van der Waals surface area contributed by atoms with E-state index in [-0.39, 0.29) is 30.8 Å². The van der Waals surface area contributed by atoms with Crippen molar-refractivity contribution in [1.29, 1.82) is 0 Å². The van der Waals surface area contributed by atoms with Crippen LogP contribution in [-0.4, -0.2) is 87.0 Å². The number of carbonyl (C=O) groups is 3. The molecule has 1 aliphatic heterocycles. The first-order chi connectivity index (χ1) is 14.9. The standard InChI is InChI=1S/C22H35N5O4/c1-4-5-8-23-21(29)15-26-9-11-27(12-10-26)16-22(30)24-14-20(28)25-18-13-17(2)6-7-19(18)31-3/h6-7,13H,4-5,8-12,14-16H2,1-3H3,(H,23,29)(H,24,30)(H,25,28). The quantitative estimate of drug-likeness (QED) is 0.442. The molecule has 1 heterocycles. The fraction of sp³-hybridized carbons (Fsp3) is 0.591.